The lowest BCUT2D eigenvalue weighted by molar-refractivity contribution is -0.123. The normalized spacial score (nSPS) is 10.8. The number of hydrogen-bond donors (Lipinski definition) is 2. The molecule has 2 N–H and O–H groups in total. The van der Waals surface area contributed by atoms with Crippen LogP contribution in [0.4, 0.5) is 0 Å². The zero-order chi connectivity index (χ0) is 18.4. The molecule has 0 aromatic heterocycles. The minimum absolute atomic E-state index is 0.0695. The zero-order valence-corrected chi connectivity index (χ0v) is 14.8. The molecule has 1 amide bonds. The molecule has 2 rings (SSSR count). The van der Waals surface area contributed by atoms with Gasteiger partial charge >= 0.3 is 0 Å². The molecule has 10 heteroatoms. The van der Waals surface area contributed by atoms with Crippen molar-refractivity contribution in [3.63, 3.8) is 0 Å². The number of hydrogen-bond acceptors (Lipinski definition) is 5. The Labute approximate surface area is 154 Å². The average molecular weight is 400 g/mol. The number of ether oxygens (including phenoxy) is 1. The molecule has 0 spiro atoms. The molecule has 25 heavy (non-hydrogen) atoms. The molecule has 0 unspecified atom stereocenters. The fourth-order valence-electron chi connectivity index (χ4n) is 1.64. The Morgan fingerprint density at radius 2 is 1.80 bits per heavy atom. The Kier molecular flexibility index (Phi) is 6.22. The van der Waals surface area contributed by atoms with Crippen LogP contribution in [0.15, 0.2) is 47.4 Å². The molecule has 2 aromatic carbocycles. The first-order valence-corrected chi connectivity index (χ1v) is 8.94. The summed E-state index contributed by atoms with van der Waals surface area (Å²) in [5.41, 5.74) is 2.47. The minimum Gasteiger partial charge on any atom is -0.484 e. The van der Waals surface area contributed by atoms with Crippen LogP contribution in [0, 0.1) is 11.3 Å². The topological polar surface area (TPSA) is 108 Å². The lowest BCUT2D eigenvalue weighted by Crippen LogP contribution is -2.43. The van der Waals surface area contributed by atoms with E-state index in [1.165, 1.54) is 36.4 Å². The highest BCUT2D eigenvalue weighted by atomic mass is 35.5. The number of benzene rings is 2. The van der Waals surface area contributed by atoms with Gasteiger partial charge in [-0.3, -0.25) is 10.2 Å². The number of carbonyl (C=O) groups excluding carboxylic acids is 1. The van der Waals surface area contributed by atoms with Crippen LogP contribution in [0.1, 0.15) is 5.56 Å². The average Bonchev–Trinajstić information content (AvgIpc) is 2.61. The summed E-state index contributed by atoms with van der Waals surface area (Å²) in [6.45, 7) is -0.421. The number of nitrogens with zero attached hydrogens (tertiary/aromatic N) is 1. The van der Waals surface area contributed by atoms with Crippen LogP contribution < -0.4 is 15.0 Å². The second-order valence-electron chi connectivity index (χ2n) is 4.65. The molecule has 130 valence electrons. The predicted octanol–water partition coefficient (Wildman–Crippen LogP) is 2.25. The number of halogens is 2. The van der Waals surface area contributed by atoms with Crippen LogP contribution in [-0.4, -0.2) is 20.9 Å². The quantitative estimate of drug-likeness (QED) is 0.724. The van der Waals surface area contributed by atoms with E-state index in [1.54, 1.807) is 0 Å². The van der Waals surface area contributed by atoms with Gasteiger partial charge in [-0.05, 0) is 42.5 Å². The molecule has 0 saturated heterocycles. The Hall–Kier alpha value is -2.31. The molecule has 0 bridgehead atoms. The summed E-state index contributed by atoms with van der Waals surface area (Å²) in [5, 5.41) is 8.96. The van der Waals surface area contributed by atoms with Gasteiger partial charge in [0.15, 0.2) is 6.61 Å². The first kappa shape index (κ1) is 19.0. The van der Waals surface area contributed by atoms with Crippen LogP contribution in [0.25, 0.3) is 0 Å². The maximum Gasteiger partial charge on any atom is 0.272 e. The van der Waals surface area contributed by atoms with Crippen molar-refractivity contribution in [2.45, 2.75) is 4.90 Å². The lowest BCUT2D eigenvalue weighted by Gasteiger charge is -2.10. The second-order valence-corrected chi connectivity index (χ2v) is 7.15. The summed E-state index contributed by atoms with van der Waals surface area (Å²) < 4.78 is 29.3. The van der Waals surface area contributed by atoms with Gasteiger partial charge in [0.1, 0.15) is 5.75 Å². The fraction of sp³-hybridized carbons (Fsp3) is 0.0667. The predicted molar refractivity (Wildman–Crippen MR) is 91.6 cm³/mol. The third kappa shape index (κ3) is 5.34. The highest BCUT2D eigenvalue weighted by Crippen LogP contribution is 2.24. The summed E-state index contributed by atoms with van der Waals surface area (Å²) in [4.78, 5) is 13.4. The van der Waals surface area contributed by atoms with Crippen molar-refractivity contribution < 1.29 is 17.9 Å². The van der Waals surface area contributed by atoms with Gasteiger partial charge in [-0.25, -0.2) is 8.42 Å². The SMILES string of the molecule is N#Cc1ccc(OCC(=O)NNS(=O)(=O)c2ccc(Cl)c(Cl)c2)cc1. The van der Waals surface area contributed by atoms with Crippen molar-refractivity contribution >= 4 is 39.1 Å². The summed E-state index contributed by atoms with van der Waals surface area (Å²) in [5.74, 6) is -0.352. The molecule has 0 aliphatic rings. The van der Waals surface area contributed by atoms with Gasteiger partial charge in [-0.2, -0.15) is 5.26 Å². The van der Waals surface area contributed by atoms with E-state index in [0.29, 0.717) is 11.3 Å². The first-order chi connectivity index (χ1) is 11.8. The van der Waals surface area contributed by atoms with Crippen molar-refractivity contribution in [3.8, 4) is 11.8 Å². The van der Waals surface area contributed by atoms with Crippen LogP contribution in [0.2, 0.25) is 10.0 Å². The molecule has 0 aliphatic carbocycles. The molecule has 0 saturated carbocycles. The van der Waals surface area contributed by atoms with Gasteiger partial charge in [-0.1, -0.05) is 23.2 Å². The standard InChI is InChI=1S/C15H11Cl2N3O4S/c16-13-6-5-12(7-14(13)17)25(22,23)20-19-15(21)9-24-11-3-1-10(8-18)2-4-11/h1-7,20H,9H2,(H,19,21). The fourth-order valence-corrected chi connectivity index (χ4v) is 2.89. The zero-order valence-electron chi connectivity index (χ0n) is 12.5. The lowest BCUT2D eigenvalue weighted by atomic mass is 10.2. The Morgan fingerprint density at radius 3 is 2.40 bits per heavy atom. The monoisotopic (exact) mass is 399 g/mol. The van der Waals surface area contributed by atoms with E-state index in [2.05, 4.69) is 0 Å². The van der Waals surface area contributed by atoms with E-state index >= 15 is 0 Å². The van der Waals surface area contributed by atoms with Crippen LogP contribution in [-0.2, 0) is 14.8 Å². The van der Waals surface area contributed by atoms with Crippen molar-refractivity contribution in [1.82, 2.24) is 10.3 Å². The minimum atomic E-state index is -4.00. The van der Waals surface area contributed by atoms with E-state index < -0.39 is 22.5 Å². The third-order valence-corrected chi connectivity index (χ3v) is 4.86. The first-order valence-electron chi connectivity index (χ1n) is 6.70. The van der Waals surface area contributed by atoms with Crippen molar-refractivity contribution in [1.29, 1.82) is 5.26 Å². The van der Waals surface area contributed by atoms with Crippen LogP contribution >= 0.6 is 23.2 Å². The van der Waals surface area contributed by atoms with E-state index in [-0.39, 0.29) is 14.9 Å². The Morgan fingerprint density at radius 1 is 1.12 bits per heavy atom. The van der Waals surface area contributed by atoms with Crippen molar-refractivity contribution in [2.75, 3.05) is 6.61 Å². The van der Waals surface area contributed by atoms with Gasteiger partial charge in [0.05, 0.1) is 26.6 Å². The number of nitrogens with one attached hydrogen (secondary N) is 2. The maximum atomic E-state index is 12.0. The number of carbonyl (C=O) groups is 1. The largest absolute Gasteiger partial charge is 0.484 e. The van der Waals surface area contributed by atoms with Gasteiger partial charge in [0.25, 0.3) is 15.9 Å². The van der Waals surface area contributed by atoms with Crippen molar-refractivity contribution in [3.05, 3.63) is 58.1 Å². The molecule has 0 atom stereocenters. The summed E-state index contributed by atoms with van der Waals surface area (Å²) in [7, 11) is -4.00. The molecular formula is C15H11Cl2N3O4S. The smallest absolute Gasteiger partial charge is 0.272 e. The molecule has 7 nitrogen and oxygen atoms in total. The Bertz CT molecular complexity index is 925. The molecule has 0 radical (unpaired) electrons. The summed E-state index contributed by atoms with van der Waals surface area (Å²) in [6, 6.07) is 11.8. The number of hydrazine groups is 1. The van der Waals surface area contributed by atoms with Crippen LogP contribution in [0.5, 0.6) is 5.75 Å². The van der Waals surface area contributed by atoms with E-state index in [4.69, 9.17) is 33.2 Å². The van der Waals surface area contributed by atoms with Gasteiger partial charge in [0, 0.05) is 0 Å². The second kappa shape index (κ2) is 8.18. The highest BCUT2D eigenvalue weighted by Gasteiger charge is 2.16. The molecule has 2 aromatic rings. The number of rotatable bonds is 6. The molecule has 0 heterocycles. The maximum absolute atomic E-state index is 12.0. The van der Waals surface area contributed by atoms with Gasteiger partial charge < -0.3 is 4.74 Å². The van der Waals surface area contributed by atoms with Crippen LogP contribution in [0.3, 0.4) is 0 Å². The summed E-state index contributed by atoms with van der Waals surface area (Å²) >= 11 is 11.5. The number of amides is 1. The number of sulfonamides is 1. The van der Waals surface area contributed by atoms with Crippen molar-refractivity contribution in [2.24, 2.45) is 0 Å². The van der Waals surface area contributed by atoms with Gasteiger partial charge in [-0.15, -0.1) is 4.83 Å². The number of nitriles is 1. The van der Waals surface area contributed by atoms with E-state index in [0.717, 1.165) is 6.07 Å². The Balaban J connectivity index is 1.89. The summed E-state index contributed by atoms with van der Waals surface area (Å²) in [6.07, 6.45) is 0. The van der Waals surface area contributed by atoms with Gasteiger partial charge in [0.2, 0.25) is 0 Å². The molecular weight excluding hydrogens is 389 g/mol. The van der Waals surface area contributed by atoms with E-state index in [1.807, 2.05) is 16.3 Å². The third-order valence-electron chi connectivity index (χ3n) is 2.88. The molecule has 0 aliphatic heterocycles. The van der Waals surface area contributed by atoms with E-state index in [9.17, 15) is 13.2 Å². The highest BCUT2D eigenvalue weighted by molar-refractivity contribution is 7.89. The molecule has 0 fully saturated rings.